The van der Waals surface area contributed by atoms with E-state index in [1.165, 1.54) is 0 Å². The molecule has 0 radical (unpaired) electrons. The number of para-hydroxylation sites is 1. The number of rotatable bonds is 5. The molecule has 1 aromatic carbocycles. The molecule has 2 N–H and O–H groups in total. The first-order chi connectivity index (χ1) is 6.74. The summed E-state index contributed by atoms with van der Waals surface area (Å²) in [6, 6.07) is 6.79. The molecule has 1 aromatic rings. The number of aliphatic hydroxyl groups excluding tert-OH is 1. The third kappa shape index (κ3) is 3.51. The van der Waals surface area contributed by atoms with Crippen LogP contribution in [0, 0.1) is 0 Å². The lowest BCUT2D eigenvalue weighted by molar-refractivity contribution is 0.252. The summed E-state index contributed by atoms with van der Waals surface area (Å²) in [7, 11) is 0. The van der Waals surface area contributed by atoms with Crippen LogP contribution < -0.4 is 5.32 Å². The van der Waals surface area contributed by atoms with Crippen LogP contribution in [0.1, 0.15) is 0 Å². The van der Waals surface area contributed by atoms with E-state index in [-0.39, 0.29) is 6.61 Å². The molecule has 0 unspecified atom stereocenters. The molecule has 0 aromatic heterocycles. The Morgan fingerprint density at radius 2 is 2.07 bits per heavy atom. The van der Waals surface area contributed by atoms with Gasteiger partial charge in [0.1, 0.15) is 0 Å². The van der Waals surface area contributed by atoms with E-state index in [4.69, 9.17) is 5.11 Å². The van der Waals surface area contributed by atoms with Crippen molar-refractivity contribution in [3.63, 3.8) is 0 Å². The van der Waals surface area contributed by atoms with Crippen molar-refractivity contribution in [2.24, 2.45) is 0 Å². The van der Waals surface area contributed by atoms with Crippen LogP contribution in [0.5, 0.6) is 0 Å². The maximum Gasteiger partial charge on any atom is 0.288 e. The zero-order valence-corrected chi connectivity index (χ0v) is 8.23. The van der Waals surface area contributed by atoms with Crippen LogP contribution in [0.25, 0.3) is 0 Å². The summed E-state index contributed by atoms with van der Waals surface area (Å²) < 4.78 is 24.2. The van der Waals surface area contributed by atoms with Gasteiger partial charge in [-0.3, -0.25) is 0 Å². The number of benzene rings is 1. The minimum Gasteiger partial charge on any atom is -0.395 e. The number of alkyl halides is 2. The number of hydrogen-bond acceptors (Lipinski definition) is 3. The van der Waals surface area contributed by atoms with Crippen molar-refractivity contribution in [3.05, 3.63) is 24.3 Å². The Kier molecular flexibility index (Phi) is 4.69. The molecule has 0 aliphatic rings. The standard InChI is InChI=1S/C9H11F2NOS/c10-9(11)14-8-4-2-1-3-7(8)12-5-6-13/h1-4,9,12-13H,5-6H2. The maximum atomic E-state index is 12.1. The molecule has 0 heterocycles. The fourth-order valence-electron chi connectivity index (χ4n) is 1.00. The smallest absolute Gasteiger partial charge is 0.288 e. The highest BCUT2D eigenvalue weighted by Crippen LogP contribution is 2.31. The van der Waals surface area contributed by atoms with E-state index in [1.807, 2.05) is 0 Å². The Bertz CT molecular complexity index is 283. The van der Waals surface area contributed by atoms with Crippen LogP contribution in [-0.4, -0.2) is 24.0 Å². The molecule has 78 valence electrons. The first kappa shape index (κ1) is 11.3. The summed E-state index contributed by atoms with van der Waals surface area (Å²) in [6.07, 6.45) is 0. The van der Waals surface area contributed by atoms with Crippen molar-refractivity contribution in [1.29, 1.82) is 0 Å². The molecular formula is C9H11F2NOS. The number of thioether (sulfide) groups is 1. The van der Waals surface area contributed by atoms with Crippen molar-refractivity contribution in [2.45, 2.75) is 10.7 Å². The molecule has 0 amide bonds. The highest BCUT2D eigenvalue weighted by atomic mass is 32.2. The average Bonchev–Trinajstić information content (AvgIpc) is 2.16. The van der Waals surface area contributed by atoms with Crippen molar-refractivity contribution in [3.8, 4) is 0 Å². The van der Waals surface area contributed by atoms with Gasteiger partial charge in [0.2, 0.25) is 0 Å². The quantitative estimate of drug-likeness (QED) is 0.746. The first-order valence-corrected chi connectivity index (χ1v) is 5.00. The summed E-state index contributed by atoms with van der Waals surface area (Å²) in [6.45, 7) is 0.342. The maximum absolute atomic E-state index is 12.1. The Morgan fingerprint density at radius 1 is 1.36 bits per heavy atom. The highest BCUT2D eigenvalue weighted by Gasteiger charge is 2.08. The Morgan fingerprint density at radius 3 is 2.71 bits per heavy atom. The Balaban J connectivity index is 2.69. The topological polar surface area (TPSA) is 32.3 Å². The molecule has 0 atom stereocenters. The van der Waals surface area contributed by atoms with E-state index < -0.39 is 5.76 Å². The van der Waals surface area contributed by atoms with Crippen molar-refractivity contribution in [1.82, 2.24) is 0 Å². The van der Waals surface area contributed by atoms with Crippen LogP contribution in [0.4, 0.5) is 14.5 Å². The van der Waals surface area contributed by atoms with Gasteiger partial charge >= 0.3 is 0 Å². The molecule has 0 bridgehead atoms. The Hall–Kier alpha value is -0.810. The van der Waals surface area contributed by atoms with E-state index in [1.54, 1.807) is 24.3 Å². The summed E-state index contributed by atoms with van der Waals surface area (Å²) in [5.74, 6) is -2.42. The van der Waals surface area contributed by atoms with Gasteiger partial charge in [0.25, 0.3) is 5.76 Å². The number of halogens is 2. The summed E-state index contributed by atoms with van der Waals surface area (Å²) in [5.41, 5.74) is 0.631. The molecule has 0 spiro atoms. The second kappa shape index (κ2) is 5.82. The number of hydrogen-bond donors (Lipinski definition) is 2. The predicted octanol–water partition coefficient (Wildman–Crippen LogP) is 2.41. The molecule has 14 heavy (non-hydrogen) atoms. The lowest BCUT2D eigenvalue weighted by atomic mass is 10.3. The minimum atomic E-state index is -2.42. The van der Waals surface area contributed by atoms with Crippen LogP contribution in [-0.2, 0) is 0 Å². The molecule has 0 aliphatic carbocycles. The van der Waals surface area contributed by atoms with Crippen LogP contribution >= 0.6 is 11.8 Å². The fraction of sp³-hybridized carbons (Fsp3) is 0.333. The molecular weight excluding hydrogens is 208 g/mol. The minimum absolute atomic E-state index is 0.0202. The lowest BCUT2D eigenvalue weighted by Crippen LogP contribution is -2.06. The fourth-order valence-corrected chi connectivity index (χ4v) is 1.62. The normalized spacial score (nSPS) is 10.6. The van der Waals surface area contributed by atoms with E-state index >= 15 is 0 Å². The lowest BCUT2D eigenvalue weighted by Gasteiger charge is -2.09. The third-order valence-corrected chi connectivity index (χ3v) is 2.32. The van der Waals surface area contributed by atoms with Gasteiger partial charge in [-0.15, -0.1) is 0 Å². The highest BCUT2D eigenvalue weighted by molar-refractivity contribution is 7.99. The van der Waals surface area contributed by atoms with Gasteiger partial charge in [-0.25, -0.2) is 0 Å². The first-order valence-electron chi connectivity index (χ1n) is 4.12. The second-order valence-corrected chi connectivity index (χ2v) is 3.56. The van der Waals surface area contributed by atoms with E-state index in [0.29, 0.717) is 28.9 Å². The van der Waals surface area contributed by atoms with Gasteiger partial charge in [-0.2, -0.15) is 8.78 Å². The Labute approximate surface area is 85.3 Å². The molecule has 0 fully saturated rings. The summed E-state index contributed by atoms with van der Waals surface area (Å²) in [5, 5.41) is 11.4. The molecule has 1 rings (SSSR count). The monoisotopic (exact) mass is 219 g/mol. The van der Waals surface area contributed by atoms with E-state index in [2.05, 4.69) is 5.32 Å². The molecule has 0 saturated carbocycles. The third-order valence-electron chi connectivity index (χ3n) is 1.53. The average molecular weight is 219 g/mol. The van der Waals surface area contributed by atoms with Gasteiger partial charge < -0.3 is 10.4 Å². The van der Waals surface area contributed by atoms with Gasteiger partial charge in [0.05, 0.1) is 6.61 Å². The van der Waals surface area contributed by atoms with Crippen molar-refractivity contribution < 1.29 is 13.9 Å². The number of aliphatic hydroxyl groups is 1. The molecule has 5 heteroatoms. The van der Waals surface area contributed by atoms with Crippen LogP contribution in [0.2, 0.25) is 0 Å². The molecule has 0 saturated heterocycles. The SMILES string of the molecule is OCCNc1ccccc1SC(F)F. The van der Waals surface area contributed by atoms with Crippen molar-refractivity contribution >= 4 is 17.4 Å². The van der Waals surface area contributed by atoms with Gasteiger partial charge in [-0.1, -0.05) is 23.9 Å². The summed E-state index contributed by atoms with van der Waals surface area (Å²) >= 11 is 0.498. The molecule has 0 aliphatic heterocycles. The zero-order valence-electron chi connectivity index (χ0n) is 7.41. The van der Waals surface area contributed by atoms with Crippen molar-refractivity contribution in [2.75, 3.05) is 18.5 Å². The zero-order chi connectivity index (χ0) is 10.4. The molecule has 2 nitrogen and oxygen atoms in total. The predicted molar refractivity (Wildman–Crippen MR) is 53.9 cm³/mol. The number of anilines is 1. The second-order valence-electron chi connectivity index (χ2n) is 2.53. The van der Waals surface area contributed by atoms with Gasteiger partial charge in [0.15, 0.2) is 0 Å². The van der Waals surface area contributed by atoms with Crippen LogP contribution in [0.3, 0.4) is 0 Å². The largest absolute Gasteiger partial charge is 0.395 e. The van der Waals surface area contributed by atoms with Crippen LogP contribution in [0.15, 0.2) is 29.2 Å². The van der Waals surface area contributed by atoms with E-state index in [9.17, 15) is 8.78 Å². The summed E-state index contributed by atoms with van der Waals surface area (Å²) in [4.78, 5) is 0.496. The van der Waals surface area contributed by atoms with Gasteiger partial charge in [0, 0.05) is 17.1 Å². The van der Waals surface area contributed by atoms with Gasteiger partial charge in [-0.05, 0) is 12.1 Å². The number of nitrogens with one attached hydrogen (secondary N) is 1. The van der Waals surface area contributed by atoms with E-state index in [0.717, 1.165) is 0 Å².